The summed E-state index contributed by atoms with van der Waals surface area (Å²) in [7, 11) is 1.47. The highest BCUT2D eigenvalue weighted by atomic mass is 16.5. The fourth-order valence-electron chi connectivity index (χ4n) is 2.38. The molecule has 3 rings (SSSR count). The normalized spacial score (nSPS) is 10.8. The molecule has 132 valence electrons. The van der Waals surface area contributed by atoms with Crippen molar-refractivity contribution in [1.82, 2.24) is 9.78 Å². The van der Waals surface area contributed by atoms with Crippen molar-refractivity contribution in [2.75, 3.05) is 12.4 Å². The number of benzene rings is 2. The van der Waals surface area contributed by atoms with Crippen molar-refractivity contribution in [3.8, 4) is 17.2 Å². The van der Waals surface area contributed by atoms with Gasteiger partial charge in [-0.15, -0.1) is 0 Å². The van der Waals surface area contributed by atoms with Gasteiger partial charge >= 0.3 is 0 Å². The molecule has 3 aromatic rings. The van der Waals surface area contributed by atoms with E-state index in [0.717, 1.165) is 11.3 Å². The second-order valence-electron chi connectivity index (χ2n) is 5.76. The molecule has 6 nitrogen and oxygen atoms in total. The highest BCUT2D eigenvalue weighted by molar-refractivity contribution is 6.01. The minimum absolute atomic E-state index is 0.0534. The van der Waals surface area contributed by atoms with Crippen LogP contribution < -0.4 is 10.1 Å². The highest BCUT2D eigenvalue weighted by Crippen LogP contribution is 2.26. The Morgan fingerprint density at radius 3 is 2.73 bits per heavy atom. The van der Waals surface area contributed by atoms with E-state index < -0.39 is 0 Å². The average Bonchev–Trinajstić information content (AvgIpc) is 3.10. The van der Waals surface area contributed by atoms with Crippen LogP contribution in [0, 0.1) is 6.92 Å². The molecule has 0 bridgehead atoms. The number of aromatic hydroxyl groups is 1. The Hall–Kier alpha value is -3.54. The molecule has 26 heavy (non-hydrogen) atoms. The van der Waals surface area contributed by atoms with Gasteiger partial charge in [0.15, 0.2) is 11.5 Å². The number of carbonyl (C=O) groups is 1. The molecule has 0 spiro atoms. The summed E-state index contributed by atoms with van der Waals surface area (Å²) in [6.45, 7) is 2.02. The Morgan fingerprint density at radius 2 is 2.00 bits per heavy atom. The van der Waals surface area contributed by atoms with E-state index in [4.69, 9.17) is 4.74 Å². The number of hydrogen-bond donors (Lipinski definition) is 2. The summed E-state index contributed by atoms with van der Waals surface area (Å²) < 4.78 is 6.74. The maximum Gasteiger partial charge on any atom is 0.248 e. The zero-order chi connectivity index (χ0) is 18.5. The third-order valence-corrected chi connectivity index (χ3v) is 3.78. The van der Waals surface area contributed by atoms with Crippen molar-refractivity contribution >= 4 is 17.7 Å². The number of phenols is 1. The van der Waals surface area contributed by atoms with E-state index in [0.29, 0.717) is 11.4 Å². The zero-order valence-corrected chi connectivity index (χ0v) is 14.5. The van der Waals surface area contributed by atoms with Gasteiger partial charge < -0.3 is 15.2 Å². The number of aromatic nitrogens is 2. The molecule has 0 radical (unpaired) electrons. The maximum absolute atomic E-state index is 12.1. The first kappa shape index (κ1) is 17.3. The van der Waals surface area contributed by atoms with Gasteiger partial charge in [-0.1, -0.05) is 23.8 Å². The van der Waals surface area contributed by atoms with Crippen LogP contribution in [0.3, 0.4) is 0 Å². The lowest BCUT2D eigenvalue weighted by Gasteiger charge is -2.03. The molecular formula is C20H19N3O3. The second-order valence-corrected chi connectivity index (χ2v) is 5.76. The van der Waals surface area contributed by atoms with Crippen LogP contribution in [-0.2, 0) is 4.79 Å². The van der Waals surface area contributed by atoms with Crippen LogP contribution in [0.15, 0.2) is 60.9 Å². The standard InChI is InChI=1S/C20H19N3O3/c1-14-3-7-17(8-4-14)23-13-16(12-21-23)22-20(25)10-6-15-5-9-18(24)19(11-15)26-2/h3-13,24H,1-2H3,(H,22,25)/b10-6+. The van der Waals surface area contributed by atoms with Crippen LogP contribution in [0.2, 0.25) is 0 Å². The molecule has 1 aromatic heterocycles. The molecular weight excluding hydrogens is 330 g/mol. The fourth-order valence-corrected chi connectivity index (χ4v) is 2.38. The summed E-state index contributed by atoms with van der Waals surface area (Å²) in [4.78, 5) is 12.1. The van der Waals surface area contributed by atoms with E-state index in [9.17, 15) is 9.90 Å². The number of amides is 1. The third-order valence-electron chi connectivity index (χ3n) is 3.78. The predicted octanol–water partition coefficient (Wildman–Crippen LogP) is 3.55. The Morgan fingerprint density at radius 1 is 1.23 bits per heavy atom. The summed E-state index contributed by atoms with van der Waals surface area (Å²) in [6, 6.07) is 12.8. The molecule has 0 atom stereocenters. The maximum atomic E-state index is 12.1. The first-order valence-corrected chi connectivity index (χ1v) is 8.03. The third kappa shape index (κ3) is 4.10. The van der Waals surface area contributed by atoms with E-state index in [-0.39, 0.29) is 11.7 Å². The smallest absolute Gasteiger partial charge is 0.248 e. The summed E-state index contributed by atoms with van der Waals surface area (Å²) in [6.07, 6.45) is 6.39. The lowest BCUT2D eigenvalue weighted by Crippen LogP contribution is -2.06. The number of nitrogens with one attached hydrogen (secondary N) is 1. The molecule has 0 aliphatic carbocycles. The molecule has 6 heteroatoms. The lowest BCUT2D eigenvalue weighted by atomic mass is 10.2. The highest BCUT2D eigenvalue weighted by Gasteiger charge is 2.04. The molecule has 2 aromatic carbocycles. The number of nitrogens with zero attached hydrogens (tertiary/aromatic N) is 2. The minimum atomic E-state index is -0.277. The van der Waals surface area contributed by atoms with Crippen LogP contribution in [0.1, 0.15) is 11.1 Å². The van der Waals surface area contributed by atoms with Crippen LogP contribution >= 0.6 is 0 Å². The molecule has 0 saturated carbocycles. The summed E-state index contributed by atoms with van der Waals surface area (Å²) in [5, 5.41) is 16.6. The first-order chi connectivity index (χ1) is 12.5. The number of phenolic OH excluding ortho intramolecular Hbond substituents is 1. The van der Waals surface area contributed by atoms with Gasteiger partial charge in [-0.3, -0.25) is 4.79 Å². The van der Waals surface area contributed by atoms with Gasteiger partial charge in [0.25, 0.3) is 0 Å². The molecule has 0 fully saturated rings. The molecule has 2 N–H and O–H groups in total. The summed E-state index contributed by atoms with van der Waals surface area (Å²) in [5.41, 5.74) is 3.43. The number of anilines is 1. The molecule has 1 heterocycles. The largest absolute Gasteiger partial charge is 0.504 e. The summed E-state index contributed by atoms with van der Waals surface area (Å²) in [5.74, 6) is 0.130. The summed E-state index contributed by atoms with van der Waals surface area (Å²) >= 11 is 0. The second kappa shape index (κ2) is 7.57. The van der Waals surface area contributed by atoms with Crippen LogP contribution in [0.5, 0.6) is 11.5 Å². The van der Waals surface area contributed by atoms with Gasteiger partial charge in [-0.05, 0) is 42.8 Å². The Kier molecular flexibility index (Phi) is 5.03. The quantitative estimate of drug-likeness (QED) is 0.691. The molecule has 0 saturated heterocycles. The van der Waals surface area contributed by atoms with Gasteiger partial charge in [0.2, 0.25) is 5.91 Å². The number of hydrogen-bond acceptors (Lipinski definition) is 4. The van der Waals surface area contributed by atoms with Gasteiger partial charge in [-0.2, -0.15) is 5.10 Å². The first-order valence-electron chi connectivity index (χ1n) is 8.03. The van der Waals surface area contributed by atoms with E-state index in [1.54, 1.807) is 35.3 Å². The van der Waals surface area contributed by atoms with Crippen molar-refractivity contribution in [2.24, 2.45) is 0 Å². The van der Waals surface area contributed by atoms with Crippen molar-refractivity contribution in [1.29, 1.82) is 0 Å². The zero-order valence-electron chi connectivity index (χ0n) is 14.5. The average molecular weight is 349 g/mol. The van der Waals surface area contributed by atoms with Crippen molar-refractivity contribution in [2.45, 2.75) is 6.92 Å². The van der Waals surface area contributed by atoms with Gasteiger partial charge in [0, 0.05) is 6.08 Å². The topological polar surface area (TPSA) is 76.4 Å². The van der Waals surface area contributed by atoms with E-state index in [1.807, 2.05) is 31.2 Å². The number of ether oxygens (including phenoxy) is 1. The predicted molar refractivity (Wildman–Crippen MR) is 101 cm³/mol. The van der Waals surface area contributed by atoms with Gasteiger partial charge in [0.05, 0.1) is 30.9 Å². The lowest BCUT2D eigenvalue weighted by molar-refractivity contribution is -0.111. The van der Waals surface area contributed by atoms with Gasteiger partial charge in [-0.25, -0.2) is 4.68 Å². The monoisotopic (exact) mass is 349 g/mol. The van der Waals surface area contributed by atoms with E-state index in [1.165, 1.54) is 24.8 Å². The number of rotatable bonds is 5. The fraction of sp³-hybridized carbons (Fsp3) is 0.100. The molecule has 1 amide bonds. The van der Waals surface area contributed by atoms with Crippen LogP contribution in [-0.4, -0.2) is 27.9 Å². The Bertz CT molecular complexity index is 943. The number of methoxy groups -OCH3 is 1. The number of aryl methyl sites for hydroxylation is 1. The SMILES string of the molecule is COc1cc(/C=C/C(=O)Nc2cnn(-c3ccc(C)cc3)c2)ccc1O. The van der Waals surface area contributed by atoms with Gasteiger partial charge in [0.1, 0.15) is 0 Å². The van der Waals surface area contributed by atoms with Crippen molar-refractivity contribution in [3.05, 3.63) is 72.1 Å². The Balaban J connectivity index is 1.66. The molecule has 0 aliphatic rings. The van der Waals surface area contributed by atoms with Crippen molar-refractivity contribution in [3.63, 3.8) is 0 Å². The number of carbonyl (C=O) groups excluding carboxylic acids is 1. The van der Waals surface area contributed by atoms with Crippen LogP contribution in [0.25, 0.3) is 11.8 Å². The van der Waals surface area contributed by atoms with Crippen LogP contribution in [0.4, 0.5) is 5.69 Å². The van der Waals surface area contributed by atoms with Crippen molar-refractivity contribution < 1.29 is 14.6 Å². The Labute approximate surface area is 151 Å². The minimum Gasteiger partial charge on any atom is -0.504 e. The van der Waals surface area contributed by atoms with E-state index in [2.05, 4.69) is 10.4 Å². The van der Waals surface area contributed by atoms with E-state index >= 15 is 0 Å². The molecule has 0 aliphatic heterocycles. The molecule has 0 unspecified atom stereocenters.